The van der Waals surface area contributed by atoms with Crippen molar-refractivity contribution >= 4 is 11.6 Å². The molecule has 0 bridgehead atoms. The summed E-state index contributed by atoms with van der Waals surface area (Å²) in [5, 5.41) is 0. The largest absolute Gasteiger partial charge is 0.369 e. The third-order valence-corrected chi connectivity index (χ3v) is 2.93. The molecule has 3 heteroatoms. The lowest BCUT2D eigenvalue weighted by Gasteiger charge is -2.30. The van der Waals surface area contributed by atoms with Gasteiger partial charge in [-0.3, -0.25) is 4.79 Å². The maximum absolute atomic E-state index is 12.3. The van der Waals surface area contributed by atoms with Crippen molar-refractivity contribution in [2.75, 3.05) is 18.6 Å². The highest BCUT2D eigenvalue weighted by atomic mass is 16.5. The predicted octanol–water partition coefficient (Wildman–Crippen LogP) is 2.77. The zero-order chi connectivity index (χ0) is 13.1. The molecular formula is C14H21NO2. The zero-order valence-corrected chi connectivity index (χ0v) is 11.3. The van der Waals surface area contributed by atoms with Crippen LogP contribution in [0.1, 0.15) is 26.3 Å². The molecule has 0 spiro atoms. The molecule has 3 nitrogen and oxygen atoms in total. The fourth-order valence-electron chi connectivity index (χ4n) is 1.58. The Kier molecular flexibility index (Phi) is 4.29. The fourth-order valence-corrected chi connectivity index (χ4v) is 1.58. The molecule has 0 radical (unpaired) electrons. The van der Waals surface area contributed by atoms with E-state index in [-0.39, 0.29) is 5.91 Å². The molecule has 1 amide bonds. The molecule has 0 saturated heterocycles. The van der Waals surface area contributed by atoms with Gasteiger partial charge in [-0.2, -0.15) is 0 Å². The molecule has 0 aliphatic carbocycles. The van der Waals surface area contributed by atoms with Crippen molar-refractivity contribution in [3.8, 4) is 0 Å². The summed E-state index contributed by atoms with van der Waals surface area (Å²) in [4.78, 5) is 14.1. The minimum absolute atomic E-state index is 0.0219. The average molecular weight is 235 g/mol. The summed E-state index contributed by atoms with van der Waals surface area (Å²) in [6.45, 7) is 8.19. The van der Waals surface area contributed by atoms with E-state index in [0.717, 1.165) is 5.69 Å². The minimum atomic E-state index is -0.791. The van der Waals surface area contributed by atoms with Gasteiger partial charge < -0.3 is 9.64 Å². The van der Waals surface area contributed by atoms with E-state index in [1.54, 1.807) is 25.9 Å². The fraction of sp³-hybridized carbons (Fsp3) is 0.500. The number of likely N-dealkylation sites (N-methyl/N-ethyl adjacent to an activating group) is 1. The number of methoxy groups -OCH3 is 1. The van der Waals surface area contributed by atoms with E-state index in [0.29, 0.717) is 6.54 Å². The van der Waals surface area contributed by atoms with Gasteiger partial charge in [0.2, 0.25) is 0 Å². The molecule has 17 heavy (non-hydrogen) atoms. The highest BCUT2D eigenvalue weighted by molar-refractivity contribution is 5.98. The van der Waals surface area contributed by atoms with Crippen molar-refractivity contribution in [3.63, 3.8) is 0 Å². The quantitative estimate of drug-likeness (QED) is 0.803. The number of amides is 1. The molecule has 1 rings (SSSR count). The van der Waals surface area contributed by atoms with Crippen LogP contribution in [0, 0.1) is 6.92 Å². The number of rotatable bonds is 4. The van der Waals surface area contributed by atoms with Crippen molar-refractivity contribution in [1.82, 2.24) is 0 Å². The van der Waals surface area contributed by atoms with Gasteiger partial charge in [0.25, 0.3) is 5.91 Å². The summed E-state index contributed by atoms with van der Waals surface area (Å²) < 4.78 is 5.24. The Morgan fingerprint density at radius 2 is 1.82 bits per heavy atom. The summed E-state index contributed by atoms with van der Waals surface area (Å²) >= 11 is 0. The minimum Gasteiger partial charge on any atom is -0.369 e. The molecule has 0 aliphatic rings. The van der Waals surface area contributed by atoms with Gasteiger partial charge in [-0.05, 0) is 39.8 Å². The van der Waals surface area contributed by atoms with Crippen LogP contribution in [0.3, 0.4) is 0 Å². The molecule has 1 aromatic carbocycles. The van der Waals surface area contributed by atoms with Crippen LogP contribution in [-0.2, 0) is 9.53 Å². The average Bonchev–Trinajstić information content (AvgIpc) is 2.32. The second-order valence-corrected chi connectivity index (χ2v) is 4.60. The number of benzene rings is 1. The topological polar surface area (TPSA) is 29.5 Å². The van der Waals surface area contributed by atoms with Gasteiger partial charge in [0.1, 0.15) is 5.60 Å². The summed E-state index contributed by atoms with van der Waals surface area (Å²) in [6.07, 6.45) is 0. The van der Waals surface area contributed by atoms with Gasteiger partial charge in [0.05, 0.1) is 0 Å². The maximum Gasteiger partial charge on any atom is 0.258 e. The molecular weight excluding hydrogens is 214 g/mol. The van der Waals surface area contributed by atoms with E-state index < -0.39 is 5.60 Å². The van der Waals surface area contributed by atoms with E-state index in [1.165, 1.54) is 5.56 Å². The third kappa shape index (κ3) is 3.07. The van der Waals surface area contributed by atoms with E-state index in [4.69, 9.17) is 4.74 Å². The van der Waals surface area contributed by atoms with Crippen LogP contribution in [0.25, 0.3) is 0 Å². The number of carbonyl (C=O) groups is 1. The molecule has 0 saturated carbocycles. The van der Waals surface area contributed by atoms with Gasteiger partial charge in [0, 0.05) is 19.3 Å². The zero-order valence-electron chi connectivity index (χ0n) is 11.3. The van der Waals surface area contributed by atoms with Crippen LogP contribution in [0.5, 0.6) is 0 Å². The van der Waals surface area contributed by atoms with Crippen molar-refractivity contribution in [1.29, 1.82) is 0 Å². The van der Waals surface area contributed by atoms with Crippen LogP contribution < -0.4 is 4.90 Å². The number of hydrogen-bond donors (Lipinski definition) is 0. The summed E-state index contributed by atoms with van der Waals surface area (Å²) in [7, 11) is 1.56. The van der Waals surface area contributed by atoms with Crippen LogP contribution in [0.2, 0.25) is 0 Å². The lowest BCUT2D eigenvalue weighted by Crippen LogP contribution is -2.46. The van der Waals surface area contributed by atoms with Crippen molar-refractivity contribution < 1.29 is 9.53 Å². The van der Waals surface area contributed by atoms with Crippen molar-refractivity contribution in [2.45, 2.75) is 33.3 Å². The lowest BCUT2D eigenvalue weighted by molar-refractivity contribution is -0.136. The van der Waals surface area contributed by atoms with E-state index in [2.05, 4.69) is 0 Å². The number of nitrogens with zero attached hydrogens (tertiary/aromatic N) is 1. The molecule has 0 fully saturated rings. The smallest absolute Gasteiger partial charge is 0.258 e. The van der Waals surface area contributed by atoms with Gasteiger partial charge >= 0.3 is 0 Å². The van der Waals surface area contributed by atoms with Gasteiger partial charge in [0.15, 0.2) is 0 Å². The Labute approximate surface area is 103 Å². The molecule has 0 aromatic heterocycles. The molecule has 94 valence electrons. The third-order valence-electron chi connectivity index (χ3n) is 2.93. The number of hydrogen-bond acceptors (Lipinski definition) is 2. The summed E-state index contributed by atoms with van der Waals surface area (Å²) in [5.74, 6) is -0.0219. The first kappa shape index (κ1) is 13.7. The van der Waals surface area contributed by atoms with Crippen molar-refractivity contribution in [2.24, 2.45) is 0 Å². The molecule has 0 aliphatic heterocycles. The highest BCUT2D eigenvalue weighted by Crippen LogP contribution is 2.20. The molecule has 0 atom stereocenters. The Morgan fingerprint density at radius 1 is 1.29 bits per heavy atom. The number of aryl methyl sites for hydroxylation is 1. The van der Waals surface area contributed by atoms with Crippen LogP contribution in [0.15, 0.2) is 24.3 Å². The number of anilines is 1. The van der Waals surface area contributed by atoms with Crippen LogP contribution >= 0.6 is 0 Å². The highest BCUT2D eigenvalue weighted by Gasteiger charge is 2.31. The maximum atomic E-state index is 12.3. The molecule has 1 aromatic rings. The van der Waals surface area contributed by atoms with E-state index in [9.17, 15) is 4.79 Å². The lowest BCUT2D eigenvalue weighted by atomic mass is 10.1. The molecule has 0 heterocycles. The monoisotopic (exact) mass is 235 g/mol. The number of carbonyl (C=O) groups excluding carboxylic acids is 1. The normalized spacial score (nSPS) is 11.4. The van der Waals surface area contributed by atoms with E-state index >= 15 is 0 Å². The number of ether oxygens (including phenoxy) is 1. The molecule has 0 unspecified atom stereocenters. The first-order valence-corrected chi connectivity index (χ1v) is 5.86. The molecule has 0 N–H and O–H groups in total. The Hall–Kier alpha value is -1.35. The van der Waals surface area contributed by atoms with Crippen LogP contribution in [0.4, 0.5) is 5.69 Å². The van der Waals surface area contributed by atoms with Gasteiger partial charge in [-0.1, -0.05) is 17.7 Å². The summed E-state index contributed by atoms with van der Waals surface area (Å²) in [6, 6.07) is 7.93. The first-order valence-electron chi connectivity index (χ1n) is 5.86. The van der Waals surface area contributed by atoms with Crippen LogP contribution in [-0.4, -0.2) is 25.2 Å². The van der Waals surface area contributed by atoms with Crippen molar-refractivity contribution in [3.05, 3.63) is 29.8 Å². The van der Waals surface area contributed by atoms with Gasteiger partial charge in [-0.25, -0.2) is 0 Å². The first-order chi connectivity index (χ1) is 7.92. The van der Waals surface area contributed by atoms with E-state index in [1.807, 2.05) is 38.1 Å². The standard InChI is InChI=1S/C14H21NO2/c1-6-15(13(16)14(3,4)17-5)12-9-7-11(2)8-10-12/h7-10H,6H2,1-5H3. The Bertz CT molecular complexity index is 382. The second kappa shape index (κ2) is 5.32. The predicted molar refractivity (Wildman–Crippen MR) is 70.3 cm³/mol. The SMILES string of the molecule is CCN(C(=O)C(C)(C)OC)c1ccc(C)cc1. The summed E-state index contributed by atoms with van der Waals surface area (Å²) in [5.41, 5.74) is 1.30. The Morgan fingerprint density at radius 3 is 2.24 bits per heavy atom. The van der Waals surface area contributed by atoms with Gasteiger partial charge in [-0.15, -0.1) is 0 Å². The second-order valence-electron chi connectivity index (χ2n) is 4.60. The Balaban J connectivity index is 3.00.